The molecule has 0 aliphatic carbocycles. The minimum absolute atomic E-state index is 0.287. The van der Waals surface area contributed by atoms with Gasteiger partial charge >= 0.3 is 5.82 Å². The van der Waals surface area contributed by atoms with Gasteiger partial charge in [-0.1, -0.05) is 15.9 Å². The van der Waals surface area contributed by atoms with E-state index in [0.717, 1.165) is 6.07 Å². The van der Waals surface area contributed by atoms with Crippen molar-refractivity contribution in [2.24, 2.45) is 0 Å². The largest absolute Gasteiger partial charge is 0.358 e. The number of pyridine rings is 1. The second kappa shape index (κ2) is 3.48. The molecule has 6 heteroatoms. The molecule has 0 aromatic carbocycles. The van der Waals surface area contributed by atoms with Gasteiger partial charge in [0.2, 0.25) is 0 Å². The van der Waals surface area contributed by atoms with Crippen LogP contribution >= 0.6 is 15.9 Å². The molecular weight excluding hydrogens is 228 g/mol. The maximum absolute atomic E-state index is 11.0. The van der Waals surface area contributed by atoms with Crippen molar-refractivity contribution in [2.75, 3.05) is 0 Å². The molecule has 1 rings (SSSR count). The lowest BCUT2D eigenvalue weighted by molar-refractivity contribution is -0.389. The molecule has 0 saturated carbocycles. The zero-order chi connectivity index (χ0) is 9.14. The third kappa shape index (κ3) is 1.70. The molecule has 1 heterocycles. The molecule has 0 aliphatic rings. The SMILES string of the molecule is O=c1cc([N+](=O)[O-])[nH]cc1CBr. The van der Waals surface area contributed by atoms with Gasteiger partial charge in [-0.25, -0.2) is 4.98 Å². The van der Waals surface area contributed by atoms with E-state index in [9.17, 15) is 14.9 Å². The van der Waals surface area contributed by atoms with Crippen LogP contribution in [0.5, 0.6) is 0 Å². The molecule has 12 heavy (non-hydrogen) atoms. The van der Waals surface area contributed by atoms with E-state index in [2.05, 4.69) is 20.9 Å². The van der Waals surface area contributed by atoms with Gasteiger partial charge in [-0.15, -0.1) is 0 Å². The summed E-state index contributed by atoms with van der Waals surface area (Å²) in [7, 11) is 0. The average Bonchev–Trinajstić information content (AvgIpc) is 2.04. The molecule has 1 N–H and O–H groups in total. The maximum Gasteiger partial charge on any atom is 0.324 e. The quantitative estimate of drug-likeness (QED) is 0.473. The first-order chi connectivity index (χ1) is 5.65. The molecule has 0 amide bonds. The summed E-state index contributed by atoms with van der Waals surface area (Å²) in [6.45, 7) is 0. The molecular formula is C6H5BrN2O3. The highest BCUT2D eigenvalue weighted by atomic mass is 79.9. The smallest absolute Gasteiger partial charge is 0.324 e. The standard InChI is InChI=1S/C6H5BrN2O3/c7-2-4-3-8-6(9(11)12)1-5(4)10/h1,3H,2H2,(H,8,10). The summed E-state index contributed by atoms with van der Waals surface area (Å²) in [6.07, 6.45) is 1.33. The summed E-state index contributed by atoms with van der Waals surface area (Å²) in [5.41, 5.74) is 0.137. The molecule has 5 nitrogen and oxygen atoms in total. The Morgan fingerprint density at radius 1 is 1.67 bits per heavy atom. The zero-order valence-electron chi connectivity index (χ0n) is 5.91. The van der Waals surface area contributed by atoms with E-state index < -0.39 is 4.92 Å². The number of aromatic amines is 1. The number of nitro groups is 1. The van der Waals surface area contributed by atoms with Crippen molar-refractivity contribution in [3.05, 3.63) is 38.2 Å². The molecule has 0 saturated heterocycles. The predicted octanol–water partition coefficient (Wildman–Crippen LogP) is 1.18. The lowest BCUT2D eigenvalue weighted by Crippen LogP contribution is -2.08. The summed E-state index contributed by atoms with van der Waals surface area (Å²) in [6, 6.07) is 0.969. The van der Waals surface area contributed by atoms with Crippen molar-refractivity contribution in [1.29, 1.82) is 0 Å². The van der Waals surface area contributed by atoms with E-state index in [1.165, 1.54) is 6.20 Å². The van der Waals surface area contributed by atoms with Crippen molar-refractivity contribution in [2.45, 2.75) is 5.33 Å². The van der Waals surface area contributed by atoms with Crippen LogP contribution in [0.4, 0.5) is 5.82 Å². The molecule has 0 radical (unpaired) electrons. The van der Waals surface area contributed by atoms with Gasteiger partial charge in [-0.3, -0.25) is 4.79 Å². The molecule has 1 aromatic rings. The summed E-state index contributed by atoms with van der Waals surface area (Å²) in [5, 5.41) is 10.6. The minimum Gasteiger partial charge on any atom is -0.358 e. The summed E-state index contributed by atoms with van der Waals surface area (Å²) >= 11 is 3.08. The van der Waals surface area contributed by atoms with E-state index in [1.54, 1.807) is 0 Å². The second-order valence-corrected chi connectivity index (χ2v) is 2.66. The first kappa shape index (κ1) is 8.92. The van der Waals surface area contributed by atoms with Crippen molar-refractivity contribution in [3.8, 4) is 0 Å². The average molecular weight is 233 g/mol. The third-order valence-electron chi connectivity index (χ3n) is 1.32. The van der Waals surface area contributed by atoms with Gasteiger partial charge in [0.15, 0.2) is 5.43 Å². The Morgan fingerprint density at radius 2 is 2.33 bits per heavy atom. The molecule has 0 atom stereocenters. The van der Waals surface area contributed by atoms with E-state index >= 15 is 0 Å². The molecule has 0 aliphatic heterocycles. The van der Waals surface area contributed by atoms with Gasteiger partial charge in [0.1, 0.15) is 0 Å². The van der Waals surface area contributed by atoms with Crippen LogP contribution in [-0.4, -0.2) is 9.91 Å². The second-order valence-electron chi connectivity index (χ2n) is 2.10. The molecule has 0 bridgehead atoms. The van der Waals surface area contributed by atoms with E-state index in [-0.39, 0.29) is 11.2 Å². The number of halogens is 1. The van der Waals surface area contributed by atoms with Crippen LogP contribution in [0.15, 0.2) is 17.1 Å². The predicted molar refractivity (Wildman–Crippen MR) is 46.3 cm³/mol. The Morgan fingerprint density at radius 3 is 2.75 bits per heavy atom. The number of aromatic nitrogens is 1. The number of hydrogen-bond acceptors (Lipinski definition) is 3. The third-order valence-corrected chi connectivity index (χ3v) is 1.92. The van der Waals surface area contributed by atoms with Crippen LogP contribution in [-0.2, 0) is 5.33 Å². The highest BCUT2D eigenvalue weighted by Gasteiger charge is 2.06. The Kier molecular flexibility index (Phi) is 2.59. The van der Waals surface area contributed by atoms with Crippen LogP contribution in [0, 0.1) is 10.1 Å². The number of nitrogens with zero attached hydrogens (tertiary/aromatic N) is 1. The van der Waals surface area contributed by atoms with Crippen LogP contribution in [0.3, 0.4) is 0 Å². The number of H-pyrrole nitrogens is 1. The molecule has 1 aromatic heterocycles. The Balaban J connectivity index is 3.19. The summed E-state index contributed by atoms with van der Waals surface area (Å²) < 4.78 is 0. The zero-order valence-corrected chi connectivity index (χ0v) is 7.50. The highest BCUT2D eigenvalue weighted by Crippen LogP contribution is 2.04. The van der Waals surface area contributed by atoms with Gasteiger partial charge in [0.25, 0.3) is 0 Å². The Bertz CT molecular complexity index is 360. The van der Waals surface area contributed by atoms with Crippen LogP contribution in [0.25, 0.3) is 0 Å². The monoisotopic (exact) mass is 232 g/mol. The summed E-state index contributed by atoms with van der Waals surface area (Å²) in [5.74, 6) is -0.287. The fraction of sp³-hybridized carbons (Fsp3) is 0.167. The van der Waals surface area contributed by atoms with Crippen LogP contribution in [0.2, 0.25) is 0 Å². The Hall–Kier alpha value is -1.17. The molecule has 0 unspecified atom stereocenters. The van der Waals surface area contributed by atoms with Gasteiger partial charge in [-0.2, -0.15) is 0 Å². The summed E-state index contributed by atoms with van der Waals surface area (Å²) in [4.78, 5) is 23.0. The first-order valence-electron chi connectivity index (χ1n) is 3.07. The lowest BCUT2D eigenvalue weighted by Gasteiger charge is -1.94. The molecule has 64 valence electrons. The van der Waals surface area contributed by atoms with Crippen molar-refractivity contribution in [1.82, 2.24) is 4.98 Å². The van der Waals surface area contributed by atoms with Crippen molar-refractivity contribution in [3.63, 3.8) is 0 Å². The first-order valence-corrected chi connectivity index (χ1v) is 4.19. The van der Waals surface area contributed by atoms with Crippen LogP contribution < -0.4 is 5.43 Å². The lowest BCUT2D eigenvalue weighted by atomic mass is 10.3. The molecule has 0 spiro atoms. The van der Waals surface area contributed by atoms with E-state index in [4.69, 9.17) is 0 Å². The van der Waals surface area contributed by atoms with E-state index in [0.29, 0.717) is 10.9 Å². The number of nitrogens with one attached hydrogen (secondary N) is 1. The normalized spacial score (nSPS) is 9.75. The maximum atomic E-state index is 11.0. The van der Waals surface area contributed by atoms with E-state index in [1.807, 2.05) is 0 Å². The minimum atomic E-state index is -0.639. The van der Waals surface area contributed by atoms with Gasteiger partial charge in [0.05, 0.1) is 12.3 Å². The van der Waals surface area contributed by atoms with Gasteiger partial charge in [0, 0.05) is 10.9 Å². The fourth-order valence-electron chi connectivity index (χ4n) is 0.701. The van der Waals surface area contributed by atoms with Gasteiger partial charge < -0.3 is 10.1 Å². The number of hydrogen-bond donors (Lipinski definition) is 1. The van der Waals surface area contributed by atoms with Crippen molar-refractivity contribution >= 4 is 21.7 Å². The Labute approximate surface area is 75.7 Å². The van der Waals surface area contributed by atoms with Crippen LogP contribution in [0.1, 0.15) is 5.56 Å². The molecule has 0 fully saturated rings. The number of rotatable bonds is 2. The number of alkyl halides is 1. The fourth-order valence-corrected chi connectivity index (χ4v) is 1.14. The topological polar surface area (TPSA) is 76.0 Å². The highest BCUT2D eigenvalue weighted by molar-refractivity contribution is 9.08. The van der Waals surface area contributed by atoms with Gasteiger partial charge in [-0.05, 0) is 4.92 Å². The van der Waals surface area contributed by atoms with Crippen molar-refractivity contribution < 1.29 is 4.92 Å².